The molecule has 2 atom stereocenters. The van der Waals surface area contributed by atoms with E-state index in [2.05, 4.69) is 26.1 Å². The van der Waals surface area contributed by atoms with Gasteiger partial charge in [0, 0.05) is 22.1 Å². The second-order valence-corrected chi connectivity index (χ2v) is 6.09. The first-order chi connectivity index (χ1) is 8.58. The minimum absolute atomic E-state index is 0.116. The van der Waals surface area contributed by atoms with E-state index in [-0.39, 0.29) is 11.9 Å². The fraction of sp³-hybridized carbons (Fsp3) is 0.571. The summed E-state index contributed by atoms with van der Waals surface area (Å²) in [7, 11) is 4.03. The van der Waals surface area contributed by atoms with Gasteiger partial charge in [0.2, 0.25) is 0 Å². The highest BCUT2D eigenvalue weighted by molar-refractivity contribution is 9.10. The van der Waals surface area contributed by atoms with Crippen LogP contribution in [0.25, 0.3) is 0 Å². The third kappa shape index (κ3) is 3.31. The van der Waals surface area contributed by atoms with Gasteiger partial charge in [-0.3, -0.25) is 0 Å². The topological polar surface area (TPSA) is 15.3 Å². The Morgan fingerprint density at radius 3 is 2.89 bits per heavy atom. The number of nitrogens with one attached hydrogen (secondary N) is 1. The average Bonchev–Trinajstić information content (AvgIpc) is 2.82. The van der Waals surface area contributed by atoms with Gasteiger partial charge in [0.25, 0.3) is 0 Å². The molecule has 0 spiro atoms. The highest BCUT2D eigenvalue weighted by Crippen LogP contribution is 2.30. The van der Waals surface area contributed by atoms with E-state index in [4.69, 9.17) is 0 Å². The van der Waals surface area contributed by atoms with E-state index in [1.54, 1.807) is 6.07 Å². The second-order valence-electron chi connectivity index (χ2n) is 5.17. The highest BCUT2D eigenvalue weighted by atomic mass is 79.9. The summed E-state index contributed by atoms with van der Waals surface area (Å²) in [6, 6.07) is 5.82. The van der Waals surface area contributed by atoms with Gasteiger partial charge in [-0.15, -0.1) is 0 Å². The summed E-state index contributed by atoms with van der Waals surface area (Å²) in [6.07, 6.45) is 3.38. The van der Waals surface area contributed by atoms with Crippen molar-refractivity contribution in [3.8, 4) is 0 Å². The summed E-state index contributed by atoms with van der Waals surface area (Å²) in [5, 5.41) is 3.48. The first-order valence-electron chi connectivity index (χ1n) is 6.42. The zero-order valence-corrected chi connectivity index (χ0v) is 12.5. The van der Waals surface area contributed by atoms with Gasteiger partial charge in [0.05, 0.1) is 0 Å². The molecule has 0 aliphatic carbocycles. The molecular weight excluding hydrogens is 295 g/mol. The molecule has 0 aromatic heterocycles. The summed E-state index contributed by atoms with van der Waals surface area (Å²) in [4.78, 5) is 2.10. The Labute approximate surface area is 117 Å². The number of hydrogen-bond acceptors (Lipinski definition) is 2. The van der Waals surface area contributed by atoms with E-state index in [0.717, 1.165) is 23.0 Å². The zero-order valence-electron chi connectivity index (χ0n) is 10.9. The van der Waals surface area contributed by atoms with Crippen molar-refractivity contribution in [1.29, 1.82) is 0 Å². The maximum atomic E-state index is 14.0. The fourth-order valence-electron chi connectivity index (χ4n) is 2.61. The van der Waals surface area contributed by atoms with Crippen molar-refractivity contribution in [2.75, 3.05) is 20.6 Å². The summed E-state index contributed by atoms with van der Waals surface area (Å²) in [5.74, 6) is -0.116. The Bertz CT molecular complexity index is 403. The molecule has 4 heteroatoms. The van der Waals surface area contributed by atoms with Gasteiger partial charge in [-0.2, -0.15) is 0 Å². The van der Waals surface area contributed by atoms with Crippen molar-refractivity contribution < 1.29 is 4.39 Å². The Kier molecular flexibility index (Phi) is 4.76. The molecular formula is C14H20BrFN2. The maximum Gasteiger partial charge on any atom is 0.128 e. The van der Waals surface area contributed by atoms with Crippen LogP contribution in [0.3, 0.4) is 0 Å². The van der Waals surface area contributed by atoms with E-state index in [9.17, 15) is 4.39 Å². The number of rotatable bonds is 4. The lowest BCUT2D eigenvalue weighted by atomic mass is 9.97. The third-order valence-electron chi connectivity index (χ3n) is 3.61. The van der Waals surface area contributed by atoms with Crippen LogP contribution in [0.5, 0.6) is 0 Å². The predicted molar refractivity (Wildman–Crippen MR) is 76.2 cm³/mol. The Morgan fingerprint density at radius 2 is 2.28 bits per heavy atom. The fourth-order valence-corrected chi connectivity index (χ4v) is 2.99. The summed E-state index contributed by atoms with van der Waals surface area (Å²) < 4.78 is 14.9. The molecule has 0 amide bonds. The van der Waals surface area contributed by atoms with Crippen LogP contribution in [0.1, 0.15) is 30.9 Å². The molecule has 1 saturated heterocycles. The lowest BCUT2D eigenvalue weighted by Crippen LogP contribution is -2.30. The molecule has 0 bridgehead atoms. The van der Waals surface area contributed by atoms with Gasteiger partial charge in [-0.05, 0) is 58.1 Å². The molecule has 1 aliphatic heterocycles. The Morgan fingerprint density at radius 1 is 1.50 bits per heavy atom. The quantitative estimate of drug-likeness (QED) is 0.917. The highest BCUT2D eigenvalue weighted by Gasteiger charge is 2.24. The van der Waals surface area contributed by atoms with Crippen molar-refractivity contribution >= 4 is 15.9 Å². The van der Waals surface area contributed by atoms with Crippen LogP contribution in [0, 0.1) is 5.82 Å². The predicted octanol–water partition coefficient (Wildman–Crippen LogP) is 3.33. The number of hydrogen-bond donors (Lipinski definition) is 1. The van der Waals surface area contributed by atoms with E-state index in [0.29, 0.717) is 6.04 Å². The van der Waals surface area contributed by atoms with Crippen LogP contribution in [-0.2, 0) is 0 Å². The van der Waals surface area contributed by atoms with Gasteiger partial charge < -0.3 is 10.2 Å². The van der Waals surface area contributed by atoms with Gasteiger partial charge in [-0.1, -0.05) is 15.9 Å². The SMILES string of the molecule is CN(C)C(CC1CCCN1)c1cc(Br)ccc1F. The van der Waals surface area contributed by atoms with Gasteiger partial charge in [-0.25, -0.2) is 4.39 Å². The molecule has 100 valence electrons. The molecule has 1 heterocycles. The van der Waals surface area contributed by atoms with Crippen LogP contribution in [0.15, 0.2) is 22.7 Å². The maximum absolute atomic E-state index is 14.0. The molecule has 18 heavy (non-hydrogen) atoms. The van der Waals surface area contributed by atoms with Gasteiger partial charge in [0.1, 0.15) is 5.82 Å². The van der Waals surface area contributed by atoms with Crippen LogP contribution in [-0.4, -0.2) is 31.6 Å². The van der Waals surface area contributed by atoms with Crippen LogP contribution in [0.4, 0.5) is 4.39 Å². The van der Waals surface area contributed by atoms with E-state index in [1.165, 1.54) is 18.9 Å². The zero-order chi connectivity index (χ0) is 13.1. The molecule has 0 saturated carbocycles. The molecule has 1 aromatic rings. The minimum atomic E-state index is -0.116. The first-order valence-corrected chi connectivity index (χ1v) is 7.22. The monoisotopic (exact) mass is 314 g/mol. The third-order valence-corrected chi connectivity index (χ3v) is 4.10. The summed E-state index contributed by atoms with van der Waals surface area (Å²) in [5.41, 5.74) is 0.781. The largest absolute Gasteiger partial charge is 0.314 e. The molecule has 2 rings (SSSR count). The molecule has 1 fully saturated rings. The summed E-state index contributed by atoms with van der Waals surface area (Å²) in [6.45, 7) is 1.09. The van der Waals surface area contributed by atoms with Crippen LogP contribution >= 0.6 is 15.9 Å². The lowest BCUT2D eigenvalue weighted by molar-refractivity contribution is 0.256. The Hall–Kier alpha value is -0.450. The molecule has 1 aliphatic rings. The van der Waals surface area contributed by atoms with Crippen LogP contribution < -0.4 is 5.32 Å². The molecule has 1 aromatic carbocycles. The van der Waals surface area contributed by atoms with E-state index >= 15 is 0 Å². The van der Waals surface area contributed by atoms with E-state index < -0.39 is 0 Å². The van der Waals surface area contributed by atoms with Gasteiger partial charge in [0.15, 0.2) is 0 Å². The number of benzene rings is 1. The van der Waals surface area contributed by atoms with Crippen molar-refractivity contribution in [3.05, 3.63) is 34.1 Å². The van der Waals surface area contributed by atoms with Crippen molar-refractivity contribution in [3.63, 3.8) is 0 Å². The standard InChI is InChI=1S/C14H20BrFN2/c1-18(2)14(9-11-4-3-7-17-11)12-8-10(15)5-6-13(12)16/h5-6,8,11,14,17H,3-4,7,9H2,1-2H3. The summed E-state index contributed by atoms with van der Waals surface area (Å²) >= 11 is 3.43. The molecule has 2 unspecified atom stereocenters. The first kappa shape index (κ1) is 14.0. The normalized spacial score (nSPS) is 21.5. The van der Waals surface area contributed by atoms with Crippen molar-refractivity contribution in [2.24, 2.45) is 0 Å². The number of halogens is 2. The molecule has 1 N–H and O–H groups in total. The lowest BCUT2D eigenvalue weighted by Gasteiger charge is -2.28. The van der Waals surface area contributed by atoms with Gasteiger partial charge >= 0.3 is 0 Å². The minimum Gasteiger partial charge on any atom is -0.314 e. The number of nitrogens with zero attached hydrogens (tertiary/aromatic N) is 1. The molecule has 0 radical (unpaired) electrons. The van der Waals surface area contributed by atoms with E-state index in [1.807, 2.05) is 20.2 Å². The average molecular weight is 315 g/mol. The second kappa shape index (κ2) is 6.13. The Balaban J connectivity index is 2.20. The smallest absolute Gasteiger partial charge is 0.128 e. The molecule has 2 nitrogen and oxygen atoms in total. The van der Waals surface area contributed by atoms with Crippen molar-refractivity contribution in [2.45, 2.75) is 31.3 Å². The van der Waals surface area contributed by atoms with Crippen LogP contribution in [0.2, 0.25) is 0 Å². The van der Waals surface area contributed by atoms with Crippen molar-refractivity contribution in [1.82, 2.24) is 10.2 Å².